The summed E-state index contributed by atoms with van der Waals surface area (Å²) in [6, 6.07) is 3.77. The van der Waals surface area contributed by atoms with Crippen molar-refractivity contribution in [2.24, 2.45) is 5.41 Å². The minimum Gasteiger partial charge on any atom is -0.450 e. The Kier molecular flexibility index (Phi) is 5.67. The number of piperazine rings is 1. The topological polar surface area (TPSA) is 74.7 Å². The Morgan fingerprint density at radius 2 is 1.94 bits per heavy atom. The number of anilines is 1. The number of ether oxygens (including phenoxy) is 1. The van der Waals surface area contributed by atoms with Gasteiger partial charge in [-0.25, -0.2) is 24.1 Å². The second kappa shape index (κ2) is 8.61. The van der Waals surface area contributed by atoms with Crippen molar-refractivity contribution in [3.05, 3.63) is 36.5 Å². The third-order valence-electron chi connectivity index (χ3n) is 7.03. The molecule has 8 nitrogen and oxygen atoms in total. The first-order valence-electron chi connectivity index (χ1n) is 11.4. The summed E-state index contributed by atoms with van der Waals surface area (Å²) in [4.78, 5) is 31.5. The molecule has 0 bridgehead atoms. The highest BCUT2D eigenvalue weighted by Crippen LogP contribution is 2.47. The number of amides is 1. The molecule has 4 heterocycles. The highest BCUT2D eigenvalue weighted by molar-refractivity contribution is 5.71. The van der Waals surface area contributed by atoms with Crippen molar-refractivity contribution in [3.63, 3.8) is 0 Å². The van der Waals surface area contributed by atoms with Crippen molar-refractivity contribution in [2.45, 2.75) is 32.2 Å². The van der Waals surface area contributed by atoms with E-state index in [1.54, 1.807) is 18.5 Å². The van der Waals surface area contributed by atoms with Crippen LogP contribution in [0.4, 0.5) is 15.0 Å². The number of rotatable bonds is 4. The second-order valence-electron chi connectivity index (χ2n) is 9.07. The molecule has 0 radical (unpaired) electrons. The van der Waals surface area contributed by atoms with E-state index in [4.69, 9.17) is 4.74 Å². The van der Waals surface area contributed by atoms with Crippen LogP contribution in [-0.2, 0) is 4.74 Å². The van der Waals surface area contributed by atoms with Gasteiger partial charge in [-0.15, -0.1) is 0 Å². The van der Waals surface area contributed by atoms with Gasteiger partial charge in [-0.3, -0.25) is 4.90 Å². The normalized spacial score (nSPS) is 22.8. The average Bonchev–Trinajstić information content (AvgIpc) is 3.25. The first-order chi connectivity index (χ1) is 15.6. The molecule has 2 aromatic heterocycles. The van der Waals surface area contributed by atoms with Crippen LogP contribution in [0.5, 0.6) is 0 Å². The zero-order valence-corrected chi connectivity index (χ0v) is 18.4. The standard InChI is InChI=1S/C23H29FN6O2/c1-2-32-22(31)30-15-23(16-30)5-4-18(13-23)28-8-10-29(11-9-28)21-19(12-17(24)14-27-21)20-25-6-3-7-26-20/h3,6-7,12,14,18H,2,4-5,8-11,13,15-16H2,1H3/t18-/m1/s1. The summed E-state index contributed by atoms with van der Waals surface area (Å²) in [5.74, 6) is 0.846. The fraction of sp³-hybridized carbons (Fsp3) is 0.565. The lowest BCUT2D eigenvalue weighted by atomic mass is 9.78. The Labute approximate surface area is 187 Å². The minimum absolute atomic E-state index is 0.180. The number of hydrogen-bond donors (Lipinski definition) is 0. The highest BCUT2D eigenvalue weighted by atomic mass is 19.1. The molecule has 2 saturated heterocycles. The molecule has 2 aliphatic heterocycles. The van der Waals surface area contributed by atoms with Crippen LogP contribution in [0.15, 0.2) is 30.7 Å². The summed E-state index contributed by atoms with van der Waals surface area (Å²) < 4.78 is 19.0. The molecule has 0 unspecified atom stereocenters. The van der Waals surface area contributed by atoms with E-state index in [0.717, 1.165) is 51.5 Å². The SMILES string of the molecule is CCOC(=O)N1CC2(CC[C@@H](N3CCN(c4ncc(F)cc4-c4ncccn4)CC3)C2)C1. The molecule has 9 heteroatoms. The average molecular weight is 441 g/mol. The minimum atomic E-state index is -0.386. The fourth-order valence-corrected chi connectivity index (χ4v) is 5.47. The summed E-state index contributed by atoms with van der Waals surface area (Å²) >= 11 is 0. The van der Waals surface area contributed by atoms with Crippen molar-refractivity contribution in [2.75, 3.05) is 50.8 Å². The van der Waals surface area contributed by atoms with Crippen LogP contribution in [0.2, 0.25) is 0 Å². The summed E-state index contributed by atoms with van der Waals surface area (Å²) in [7, 11) is 0. The Bertz CT molecular complexity index is 960. The quantitative estimate of drug-likeness (QED) is 0.724. The maximum atomic E-state index is 13.9. The lowest BCUT2D eigenvalue weighted by Crippen LogP contribution is -2.58. The van der Waals surface area contributed by atoms with Crippen molar-refractivity contribution in [3.8, 4) is 11.4 Å². The van der Waals surface area contributed by atoms with Gasteiger partial charge in [0.2, 0.25) is 0 Å². The molecule has 1 amide bonds. The molecular weight excluding hydrogens is 411 g/mol. The molecule has 1 atom stereocenters. The van der Waals surface area contributed by atoms with Crippen LogP contribution >= 0.6 is 0 Å². The van der Waals surface area contributed by atoms with Gasteiger partial charge in [-0.05, 0) is 38.3 Å². The van der Waals surface area contributed by atoms with E-state index in [0.29, 0.717) is 24.0 Å². The number of carbonyl (C=O) groups excluding carboxylic acids is 1. The van der Waals surface area contributed by atoms with Crippen LogP contribution in [0.3, 0.4) is 0 Å². The molecule has 32 heavy (non-hydrogen) atoms. The van der Waals surface area contributed by atoms with E-state index >= 15 is 0 Å². The van der Waals surface area contributed by atoms with E-state index in [1.807, 2.05) is 11.8 Å². The Balaban J connectivity index is 1.20. The van der Waals surface area contributed by atoms with E-state index < -0.39 is 0 Å². The number of aromatic nitrogens is 3. The zero-order chi connectivity index (χ0) is 22.1. The number of nitrogens with zero attached hydrogens (tertiary/aromatic N) is 6. The largest absolute Gasteiger partial charge is 0.450 e. The maximum Gasteiger partial charge on any atom is 0.409 e. The molecule has 1 spiro atoms. The van der Waals surface area contributed by atoms with Gasteiger partial charge in [-0.1, -0.05) is 0 Å². The summed E-state index contributed by atoms with van der Waals surface area (Å²) in [6.07, 6.45) is 7.89. The predicted octanol–water partition coefficient (Wildman–Crippen LogP) is 2.81. The van der Waals surface area contributed by atoms with E-state index in [1.165, 1.54) is 25.1 Å². The monoisotopic (exact) mass is 440 g/mol. The highest BCUT2D eigenvalue weighted by Gasteiger charge is 2.51. The van der Waals surface area contributed by atoms with Crippen molar-refractivity contribution >= 4 is 11.9 Å². The third kappa shape index (κ3) is 4.01. The lowest BCUT2D eigenvalue weighted by Gasteiger charge is -2.48. The number of pyridine rings is 1. The molecule has 0 N–H and O–H groups in total. The smallest absolute Gasteiger partial charge is 0.409 e. The Morgan fingerprint density at radius 3 is 2.66 bits per heavy atom. The summed E-state index contributed by atoms with van der Waals surface area (Å²) in [6.45, 7) is 7.46. The molecule has 1 aliphatic carbocycles. The van der Waals surface area contributed by atoms with Crippen LogP contribution < -0.4 is 4.90 Å². The van der Waals surface area contributed by atoms with Crippen LogP contribution in [0, 0.1) is 11.2 Å². The number of hydrogen-bond acceptors (Lipinski definition) is 7. The van der Waals surface area contributed by atoms with Gasteiger partial charge in [0, 0.05) is 63.1 Å². The third-order valence-corrected chi connectivity index (χ3v) is 7.03. The Morgan fingerprint density at radius 1 is 1.19 bits per heavy atom. The second-order valence-corrected chi connectivity index (χ2v) is 9.07. The molecule has 170 valence electrons. The summed E-state index contributed by atoms with van der Waals surface area (Å²) in [5, 5.41) is 0. The fourth-order valence-electron chi connectivity index (χ4n) is 5.47. The van der Waals surface area contributed by atoms with Gasteiger partial charge in [0.25, 0.3) is 0 Å². The summed E-state index contributed by atoms with van der Waals surface area (Å²) in [5.41, 5.74) is 0.901. The molecule has 3 aliphatic rings. The van der Waals surface area contributed by atoms with Crippen LogP contribution in [0.1, 0.15) is 26.2 Å². The van der Waals surface area contributed by atoms with Crippen LogP contribution in [0.25, 0.3) is 11.4 Å². The number of carbonyl (C=O) groups is 1. The molecular formula is C23H29FN6O2. The van der Waals surface area contributed by atoms with Crippen molar-refractivity contribution < 1.29 is 13.9 Å². The van der Waals surface area contributed by atoms with Crippen LogP contribution in [-0.4, -0.2) is 82.8 Å². The maximum absolute atomic E-state index is 13.9. The Hall–Kier alpha value is -2.81. The van der Waals surface area contributed by atoms with Gasteiger partial charge in [0.05, 0.1) is 18.4 Å². The lowest BCUT2D eigenvalue weighted by molar-refractivity contribution is -0.00294. The van der Waals surface area contributed by atoms with Gasteiger partial charge >= 0.3 is 6.09 Å². The molecule has 0 aromatic carbocycles. The molecule has 5 rings (SSSR count). The molecule has 2 aromatic rings. The number of halogens is 1. The van der Waals surface area contributed by atoms with Gasteiger partial charge in [0.15, 0.2) is 5.82 Å². The van der Waals surface area contributed by atoms with E-state index in [-0.39, 0.29) is 17.3 Å². The predicted molar refractivity (Wildman–Crippen MR) is 118 cm³/mol. The molecule has 1 saturated carbocycles. The van der Waals surface area contributed by atoms with E-state index in [2.05, 4.69) is 24.8 Å². The zero-order valence-electron chi connectivity index (χ0n) is 18.4. The van der Waals surface area contributed by atoms with Crippen molar-refractivity contribution in [1.29, 1.82) is 0 Å². The first kappa shape index (κ1) is 21.1. The molecule has 3 fully saturated rings. The first-order valence-corrected chi connectivity index (χ1v) is 11.4. The number of likely N-dealkylation sites (tertiary alicyclic amines) is 1. The van der Waals surface area contributed by atoms with Gasteiger partial charge in [-0.2, -0.15) is 0 Å². The van der Waals surface area contributed by atoms with Gasteiger partial charge in [0.1, 0.15) is 11.6 Å². The van der Waals surface area contributed by atoms with Crippen molar-refractivity contribution in [1.82, 2.24) is 24.8 Å². The van der Waals surface area contributed by atoms with E-state index in [9.17, 15) is 9.18 Å². The van der Waals surface area contributed by atoms with Gasteiger partial charge < -0.3 is 14.5 Å².